The molecule has 1 aromatic carbocycles. The van der Waals surface area contributed by atoms with E-state index in [0.29, 0.717) is 17.3 Å². The number of carbonyl (C=O) groups is 2. The number of benzene rings is 1. The highest BCUT2D eigenvalue weighted by atomic mass is 35.5. The molecule has 1 amide bonds. The zero-order chi connectivity index (χ0) is 15.4. The molecule has 2 atom stereocenters. The molecule has 1 saturated heterocycles. The third kappa shape index (κ3) is 4.11. The van der Waals surface area contributed by atoms with E-state index in [-0.39, 0.29) is 18.4 Å². The largest absolute Gasteiger partial charge is 0.481 e. The van der Waals surface area contributed by atoms with Crippen molar-refractivity contribution in [1.29, 1.82) is 0 Å². The Morgan fingerprint density at radius 2 is 2.10 bits per heavy atom. The summed E-state index contributed by atoms with van der Waals surface area (Å²) in [6.07, 6.45) is 0.892. The average Bonchev–Trinajstić information content (AvgIpc) is 2.87. The van der Waals surface area contributed by atoms with Crippen LogP contribution < -0.4 is 4.74 Å². The maximum absolute atomic E-state index is 12.4. The van der Waals surface area contributed by atoms with Gasteiger partial charge in [0.1, 0.15) is 5.75 Å². The Labute approximate surface area is 128 Å². The van der Waals surface area contributed by atoms with Crippen LogP contribution in [0.2, 0.25) is 5.02 Å². The number of ether oxygens (including phenoxy) is 1. The summed E-state index contributed by atoms with van der Waals surface area (Å²) >= 11 is 5.80. The van der Waals surface area contributed by atoms with Crippen molar-refractivity contribution in [3.05, 3.63) is 29.3 Å². The summed E-state index contributed by atoms with van der Waals surface area (Å²) in [5.74, 6) is -0.492. The van der Waals surface area contributed by atoms with E-state index in [1.54, 1.807) is 36.1 Å². The summed E-state index contributed by atoms with van der Waals surface area (Å²) < 4.78 is 5.60. The van der Waals surface area contributed by atoms with E-state index in [1.807, 2.05) is 0 Å². The van der Waals surface area contributed by atoms with Gasteiger partial charge < -0.3 is 14.7 Å². The summed E-state index contributed by atoms with van der Waals surface area (Å²) in [6.45, 7) is 2.26. The molecule has 1 aliphatic rings. The van der Waals surface area contributed by atoms with Crippen LogP contribution in [0.4, 0.5) is 0 Å². The molecule has 1 N–H and O–H groups in total. The van der Waals surface area contributed by atoms with Crippen LogP contribution in [0.5, 0.6) is 5.75 Å². The molecule has 0 radical (unpaired) electrons. The van der Waals surface area contributed by atoms with Gasteiger partial charge in [-0.2, -0.15) is 0 Å². The van der Waals surface area contributed by atoms with E-state index in [9.17, 15) is 9.59 Å². The Balaban J connectivity index is 1.98. The average molecular weight is 312 g/mol. The Bertz CT molecular complexity index is 517. The number of likely N-dealkylation sites (tertiary alicyclic amines) is 1. The van der Waals surface area contributed by atoms with Crippen molar-refractivity contribution >= 4 is 23.5 Å². The van der Waals surface area contributed by atoms with Gasteiger partial charge in [-0.1, -0.05) is 11.6 Å². The van der Waals surface area contributed by atoms with Crippen molar-refractivity contribution in [2.24, 2.45) is 0 Å². The van der Waals surface area contributed by atoms with Crippen LogP contribution in [0.3, 0.4) is 0 Å². The highest BCUT2D eigenvalue weighted by molar-refractivity contribution is 6.30. The molecule has 0 saturated carbocycles. The van der Waals surface area contributed by atoms with Gasteiger partial charge >= 0.3 is 5.97 Å². The van der Waals surface area contributed by atoms with Crippen molar-refractivity contribution in [2.45, 2.75) is 38.3 Å². The van der Waals surface area contributed by atoms with Crippen LogP contribution in [0, 0.1) is 0 Å². The normalized spacial score (nSPS) is 19.3. The summed E-state index contributed by atoms with van der Waals surface area (Å²) in [4.78, 5) is 24.8. The Morgan fingerprint density at radius 1 is 1.43 bits per heavy atom. The monoisotopic (exact) mass is 311 g/mol. The molecule has 6 heteroatoms. The maximum Gasteiger partial charge on any atom is 0.305 e. The first-order valence-electron chi connectivity index (χ1n) is 6.92. The van der Waals surface area contributed by atoms with E-state index in [1.165, 1.54) is 0 Å². The van der Waals surface area contributed by atoms with Gasteiger partial charge in [0, 0.05) is 17.6 Å². The van der Waals surface area contributed by atoms with Gasteiger partial charge in [-0.3, -0.25) is 9.59 Å². The second-order valence-electron chi connectivity index (χ2n) is 5.14. The van der Waals surface area contributed by atoms with Crippen LogP contribution in [-0.2, 0) is 9.59 Å². The van der Waals surface area contributed by atoms with Crippen LogP contribution in [0.1, 0.15) is 26.2 Å². The minimum Gasteiger partial charge on any atom is -0.481 e. The topological polar surface area (TPSA) is 66.8 Å². The third-order valence-electron chi connectivity index (χ3n) is 3.54. The molecule has 1 aliphatic heterocycles. The fourth-order valence-corrected chi connectivity index (χ4v) is 2.67. The quantitative estimate of drug-likeness (QED) is 0.907. The number of rotatable bonds is 5. The number of halogens is 1. The van der Waals surface area contributed by atoms with Crippen molar-refractivity contribution in [3.8, 4) is 5.75 Å². The summed E-state index contributed by atoms with van der Waals surface area (Å²) in [6, 6.07) is 6.55. The molecule has 1 fully saturated rings. The number of hydrogen-bond donors (Lipinski definition) is 1. The predicted octanol–water partition coefficient (Wildman–Crippen LogP) is 2.57. The van der Waals surface area contributed by atoms with Crippen molar-refractivity contribution < 1.29 is 19.4 Å². The molecule has 2 unspecified atom stereocenters. The first-order valence-corrected chi connectivity index (χ1v) is 7.29. The predicted molar refractivity (Wildman–Crippen MR) is 78.5 cm³/mol. The van der Waals surface area contributed by atoms with Gasteiger partial charge in [-0.15, -0.1) is 0 Å². The van der Waals surface area contributed by atoms with Gasteiger partial charge in [-0.25, -0.2) is 0 Å². The lowest BCUT2D eigenvalue weighted by molar-refractivity contribution is -0.142. The fraction of sp³-hybridized carbons (Fsp3) is 0.467. The fourth-order valence-electron chi connectivity index (χ4n) is 2.54. The van der Waals surface area contributed by atoms with Crippen molar-refractivity contribution in [1.82, 2.24) is 4.90 Å². The zero-order valence-electron chi connectivity index (χ0n) is 11.8. The molecule has 5 nitrogen and oxygen atoms in total. The van der Waals surface area contributed by atoms with Crippen molar-refractivity contribution in [2.75, 3.05) is 6.54 Å². The molecule has 21 heavy (non-hydrogen) atoms. The van der Waals surface area contributed by atoms with E-state index in [4.69, 9.17) is 21.4 Å². The first-order chi connectivity index (χ1) is 9.97. The summed E-state index contributed by atoms with van der Waals surface area (Å²) in [5.41, 5.74) is 0. The van der Waals surface area contributed by atoms with E-state index in [0.717, 1.165) is 12.8 Å². The van der Waals surface area contributed by atoms with Gasteiger partial charge in [-0.05, 0) is 44.0 Å². The maximum atomic E-state index is 12.4. The van der Waals surface area contributed by atoms with Crippen LogP contribution in [-0.4, -0.2) is 40.6 Å². The highest BCUT2D eigenvalue weighted by Gasteiger charge is 2.33. The molecule has 0 spiro atoms. The highest BCUT2D eigenvalue weighted by Crippen LogP contribution is 2.23. The molecule has 114 valence electrons. The number of amides is 1. The third-order valence-corrected chi connectivity index (χ3v) is 3.80. The van der Waals surface area contributed by atoms with Gasteiger partial charge in [0.2, 0.25) is 0 Å². The zero-order valence-corrected chi connectivity index (χ0v) is 12.5. The minimum atomic E-state index is -0.883. The Hall–Kier alpha value is -1.75. The van der Waals surface area contributed by atoms with Gasteiger partial charge in [0.15, 0.2) is 6.10 Å². The summed E-state index contributed by atoms with van der Waals surface area (Å²) in [5, 5.41) is 9.49. The smallest absolute Gasteiger partial charge is 0.305 e. The second kappa shape index (κ2) is 6.80. The number of carboxylic acids is 1. The molecular weight excluding hydrogens is 294 g/mol. The van der Waals surface area contributed by atoms with E-state index < -0.39 is 12.1 Å². The molecule has 0 aliphatic carbocycles. The Kier molecular flexibility index (Phi) is 5.07. The van der Waals surface area contributed by atoms with E-state index in [2.05, 4.69) is 0 Å². The minimum absolute atomic E-state index is 0.0145. The standard InChI is InChI=1S/C15H18ClNO4/c1-10(21-13-6-4-11(16)5-7-13)15(20)17-8-2-3-12(17)9-14(18)19/h4-7,10,12H,2-3,8-9H2,1H3,(H,18,19). The lowest BCUT2D eigenvalue weighted by Crippen LogP contribution is -2.43. The number of carboxylic acid groups (broad SMARTS) is 1. The molecule has 0 bridgehead atoms. The second-order valence-corrected chi connectivity index (χ2v) is 5.58. The summed E-state index contributed by atoms with van der Waals surface area (Å²) in [7, 11) is 0. The van der Waals surface area contributed by atoms with Gasteiger partial charge in [0.25, 0.3) is 5.91 Å². The SMILES string of the molecule is CC(Oc1ccc(Cl)cc1)C(=O)N1CCCC1CC(=O)O. The number of aliphatic carboxylic acids is 1. The van der Waals surface area contributed by atoms with Gasteiger partial charge in [0.05, 0.1) is 6.42 Å². The van der Waals surface area contributed by atoms with E-state index >= 15 is 0 Å². The number of carbonyl (C=O) groups excluding carboxylic acids is 1. The molecule has 2 rings (SSSR count). The lowest BCUT2D eigenvalue weighted by Gasteiger charge is -2.26. The number of hydrogen-bond acceptors (Lipinski definition) is 3. The molecular formula is C15H18ClNO4. The number of nitrogens with zero attached hydrogens (tertiary/aromatic N) is 1. The lowest BCUT2D eigenvalue weighted by atomic mass is 10.1. The molecule has 1 aromatic rings. The van der Waals surface area contributed by atoms with Crippen LogP contribution >= 0.6 is 11.6 Å². The Morgan fingerprint density at radius 3 is 2.71 bits per heavy atom. The molecule has 0 aromatic heterocycles. The first kappa shape index (κ1) is 15.6. The van der Waals surface area contributed by atoms with Crippen molar-refractivity contribution in [3.63, 3.8) is 0 Å². The molecule has 1 heterocycles. The van der Waals surface area contributed by atoms with Crippen LogP contribution in [0.15, 0.2) is 24.3 Å². The van der Waals surface area contributed by atoms with Crippen LogP contribution in [0.25, 0.3) is 0 Å².